The zero-order valence-electron chi connectivity index (χ0n) is 11.6. The van der Waals surface area contributed by atoms with Gasteiger partial charge in [-0.05, 0) is 50.5 Å². The normalized spacial score (nSPS) is 12.4. The summed E-state index contributed by atoms with van der Waals surface area (Å²) in [6.07, 6.45) is 1.00. The second kappa shape index (κ2) is 5.92. The molecule has 0 heterocycles. The first-order valence-electron chi connectivity index (χ1n) is 6.07. The summed E-state index contributed by atoms with van der Waals surface area (Å²) in [4.78, 5) is 2.26. The molecule has 2 N–H and O–H groups in total. The van der Waals surface area contributed by atoms with E-state index < -0.39 is 0 Å². The Labute approximate surface area is 105 Å². The maximum atomic E-state index is 5.79. The van der Waals surface area contributed by atoms with Gasteiger partial charge in [-0.1, -0.05) is 0 Å². The van der Waals surface area contributed by atoms with E-state index in [9.17, 15) is 0 Å². The topological polar surface area (TPSA) is 38.5 Å². The van der Waals surface area contributed by atoms with E-state index in [1.165, 1.54) is 16.8 Å². The van der Waals surface area contributed by atoms with Gasteiger partial charge in [-0.15, -0.1) is 0 Å². The van der Waals surface area contributed by atoms with Gasteiger partial charge in [-0.25, -0.2) is 0 Å². The van der Waals surface area contributed by atoms with Gasteiger partial charge < -0.3 is 15.4 Å². The van der Waals surface area contributed by atoms with E-state index >= 15 is 0 Å². The minimum atomic E-state index is 0.247. The zero-order valence-corrected chi connectivity index (χ0v) is 11.6. The summed E-state index contributed by atoms with van der Waals surface area (Å²) >= 11 is 0. The molecular formula is C14H24N2O. The molecule has 1 aromatic carbocycles. The fraction of sp³-hybridized carbons (Fsp3) is 0.571. The lowest BCUT2D eigenvalue weighted by atomic mass is 10.1. The number of rotatable bonds is 5. The van der Waals surface area contributed by atoms with Crippen LogP contribution in [-0.4, -0.2) is 26.7 Å². The third-order valence-corrected chi connectivity index (χ3v) is 3.04. The minimum Gasteiger partial charge on any atom is -0.496 e. The number of ether oxygens (including phenoxy) is 1. The van der Waals surface area contributed by atoms with Gasteiger partial charge in [-0.2, -0.15) is 0 Å². The Hall–Kier alpha value is -1.22. The average molecular weight is 236 g/mol. The van der Waals surface area contributed by atoms with E-state index in [0.717, 1.165) is 18.7 Å². The molecule has 0 amide bonds. The third kappa shape index (κ3) is 3.63. The van der Waals surface area contributed by atoms with Crippen molar-refractivity contribution in [1.82, 2.24) is 0 Å². The predicted molar refractivity (Wildman–Crippen MR) is 74.0 cm³/mol. The molecule has 0 aliphatic carbocycles. The van der Waals surface area contributed by atoms with Crippen molar-refractivity contribution in [2.45, 2.75) is 33.2 Å². The van der Waals surface area contributed by atoms with Crippen LogP contribution in [0.3, 0.4) is 0 Å². The van der Waals surface area contributed by atoms with Crippen molar-refractivity contribution in [3.05, 3.63) is 23.3 Å². The number of methoxy groups -OCH3 is 1. The van der Waals surface area contributed by atoms with Gasteiger partial charge in [0.25, 0.3) is 0 Å². The molecule has 96 valence electrons. The molecule has 0 fully saturated rings. The van der Waals surface area contributed by atoms with Crippen molar-refractivity contribution >= 4 is 5.69 Å². The number of nitrogens with two attached hydrogens (primary N) is 1. The Bertz CT molecular complexity index is 375. The van der Waals surface area contributed by atoms with Crippen molar-refractivity contribution in [1.29, 1.82) is 0 Å². The number of benzene rings is 1. The number of nitrogens with zero attached hydrogens (tertiary/aromatic N) is 1. The van der Waals surface area contributed by atoms with E-state index in [2.05, 4.69) is 37.9 Å². The van der Waals surface area contributed by atoms with Crippen molar-refractivity contribution in [3.63, 3.8) is 0 Å². The quantitative estimate of drug-likeness (QED) is 0.853. The highest BCUT2D eigenvalue weighted by atomic mass is 16.5. The first kappa shape index (κ1) is 13.8. The summed E-state index contributed by atoms with van der Waals surface area (Å²) in [5, 5.41) is 0. The van der Waals surface area contributed by atoms with Gasteiger partial charge in [-0.3, -0.25) is 0 Å². The van der Waals surface area contributed by atoms with Gasteiger partial charge >= 0.3 is 0 Å². The summed E-state index contributed by atoms with van der Waals surface area (Å²) in [6, 6.07) is 4.51. The fourth-order valence-corrected chi connectivity index (χ4v) is 1.92. The summed E-state index contributed by atoms with van der Waals surface area (Å²) < 4.78 is 5.32. The molecule has 1 atom stereocenters. The molecule has 0 aliphatic rings. The Kier molecular flexibility index (Phi) is 4.82. The Morgan fingerprint density at radius 1 is 1.29 bits per heavy atom. The van der Waals surface area contributed by atoms with E-state index in [4.69, 9.17) is 10.5 Å². The van der Waals surface area contributed by atoms with Crippen molar-refractivity contribution in [2.24, 2.45) is 5.73 Å². The first-order chi connectivity index (χ1) is 7.95. The van der Waals surface area contributed by atoms with Crippen LogP contribution in [0.1, 0.15) is 24.5 Å². The van der Waals surface area contributed by atoms with E-state index in [1.807, 2.05) is 6.92 Å². The van der Waals surface area contributed by atoms with Crippen LogP contribution in [0.4, 0.5) is 5.69 Å². The van der Waals surface area contributed by atoms with E-state index in [0.29, 0.717) is 0 Å². The molecular weight excluding hydrogens is 212 g/mol. The summed E-state index contributed by atoms with van der Waals surface area (Å²) in [6.45, 7) is 7.20. The lowest BCUT2D eigenvalue weighted by Gasteiger charge is -2.23. The smallest absolute Gasteiger partial charge is 0.122 e. The van der Waals surface area contributed by atoms with Gasteiger partial charge in [0.05, 0.1) is 7.11 Å². The molecule has 0 aromatic heterocycles. The number of hydrogen-bond donors (Lipinski definition) is 1. The van der Waals surface area contributed by atoms with Crippen molar-refractivity contribution in [2.75, 3.05) is 25.6 Å². The lowest BCUT2D eigenvalue weighted by Crippen LogP contribution is -2.26. The second-order valence-electron chi connectivity index (χ2n) is 4.80. The molecule has 0 radical (unpaired) electrons. The van der Waals surface area contributed by atoms with Crippen LogP contribution in [0.25, 0.3) is 0 Å². The first-order valence-corrected chi connectivity index (χ1v) is 6.07. The summed E-state index contributed by atoms with van der Waals surface area (Å²) in [7, 11) is 3.82. The SMILES string of the molecule is COc1cc(C)c(N(C)CCC(C)N)cc1C. The van der Waals surface area contributed by atoms with Crippen LogP contribution in [0.2, 0.25) is 0 Å². The van der Waals surface area contributed by atoms with E-state index in [-0.39, 0.29) is 6.04 Å². The molecule has 0 bridgehead atoms. The second-order valence-corrected chi connectivity index (χ2v) is 4.80. The number of hydrogen-bond acceptors (Lipinski definition) is 3. The van der Waals surface area contributed by atoms with Crippen LogP contribution >= 0.6 is 0 Å². The molecule has 3 nitrogen and oxygen atoms in total. The van der Waals surface area contributed by atoms with E-state index in [1.54, 1.807) is 7.11 Å². The standard InChI is InChI=1S/C14H24N2O/c1-10-9-14(17-5)11(2)8-13(10)16(4)7-6-12(3)15/h8-9,12H,6-7,15H2,1-5H3. The number of aryl methyl sites for hydroxylation is 2. The highest BCUT2D eigenvalue weighted by Gasteiger charge is 2.09. The van der Waals surface area contributed by atoms with Crippen LogP contribution in [-0.2, 0) is 0 Å². The molecule has 1 unspecified atom stereocenters. The molecule has 1 aromatic rings. The largest absolute Gasteiger partial charge is 0.496 e. The third-order valence-electron chi connectivity index (χ3n) is 3.04. The monoisotopic (exact) mass is 236 g/mol. The Balaban J connectivity index is 2.86. The Morgan fingerprint density at radius 2 is 1.94 bits per heavy atom. The molecule has 0 spiro atoms. The van der Waals surface area contributed by atoms with Crippen LogP contribution in [0, 0.1) is 13.8 Å². The van der Waals surface area contributed by atoms with Gasteiger partial charge in [0.1, 0.15) is 5.75 Å². The van der Waals surface area contributed by atoms with Crippen LogP contribution in [0.15, 0.2) is 12.1 Å². The number of anilines is 1. The highest BCUT2D eigenvalue weighted by Crippen LogP contribution is 2.28. The maximum absolute atomic E-state index is 5.79. The molecule has 0 aliphatic heterocycles. The molecule has 0 saturated carbocycles. The van der Waals surface area contributed by atoms with Gasteiger partial charge in [0, 0.05) is 25.3 Å². The molecule has 1 rings (SSSR count). The lowest BCUT2D eigenvalue weighted by molar-refractivity contribution is 0.411. The fourth-order valence-electron chi connectivity index (χ4n) is 1.92. The average Bonchev–Trinajstić information content (AvgIpc) is 2.28. The maximum Gasteiger partial charge on any atom is 0.122 e. The minimum absolute atomic E-state index is 0.247. The Morgan fingerprint density at radius 3 is 2.47 bits per heavy atom. The van der Waals surface area contributed by atoms with Gasteiger partial charge in [0.2, 0.25) is 0 Å². The van der Waals surface area contributed by atoms with Crippen molar-refractivity contribution < 1.29 is 4.74 Å². The van der Waals surface area contributed by atoms with Crippen LogP contribution < -0.4 is 15.4 Å². The summed E-state index contributed by atoms with van der Waals surface area (Å²) in [5.41, 5.74) is 9.44. The zero-order chi connectivity index (χ0) is 13.0. The van der Waals surface area contributed by atoms with Crippen molar-refractivity contribution in [3.8, 4) is 5.75 Å². The summed E-state index contributed by atoms with van der Waals surface area (Å²) in [5.74, 6) is 0.951. The molecule has 17 heavy (non-hydrogen) atoms. The van der Waals surface area contributed by atoms with Crippen LogP contribution in [0.5, 0.6) is 5.75 Å². The van der Waals surface area contributed by atoms with Gasteiger partial charge in [0.15, 0.2) is 0 Å². The molecule has 0 saturated heterocycles. The molecule has 3 heteroatoms. The highest BCUT2D eigenvalue weighted by molar-refractivity contribution is 5.58. The predicted octanol–water partition coefficient (Wildman–Crippen LogP) is 2.49.